The second-order valence-corrected chi connectivity index (χ2v) is 8.85. The van der Waals surface area contributed by atoms with Crippen molar-refractivity contribution < 1.29 is 4.79 Å². The lowest BCUT2D eigenvalue weighted by molar-refractivity contribution is -0.131. The van der Waals surface area contributed by atoms with E-state index in [-0.39, 0.29) is 17.4 Å². The summed E-state index contributed by atoms with van der Waals surface area (Å²) in [7, 11) is 0. The van der Waals surface area contributed by atoms with Gasteiger partial charge in [0, 0.05) is 41.8 Å². The lowest BCUT2D eigenvalue weighted by Gasteiger charge is -2.42. The number of fused-ring (bicyclic) bond motifs is 4. The van der Waals surface area contributed by atoms with E-state index in [1.807, 2.05) is 58.2 Å². The third-order valence-corrected chi connectivity index (χ3v) is 6.37. The maximum Gasteiger partial charge on any atom is 0.258 e. The van der Waals surface area contributed by atoms with Crippen LogP contribution in [0.5, 0.6) is 0 Å². The summed E-state index contributed by atoms with van der Waals surface area (Å²) in [6.45, 7) is 2.16. The van der Waals surface area contributed by atoms with E-state index in [4.69, 9.17) is 11.6 Å². The van der Waals surface area contributed by atoms with Gasteiger partial charge in [-0.25, -0.2) is 0 Å². The molecule has 0 spiro atoms. The molecule has 0 saturated carbocycles. The van der Waals surface area contributed by atoms with Crippen LogP contribution in [0.3, 0.4) is 0 Å². The van der Waals surface area contributed by atoms with Crippen LogP contribution in [-0.4, -0.2) is 40.5 Å². The number of thioether (sulfide) groups is 1. The molecule has 2 aliphatic heterocycles. The third-order valence-electron chi connectivity index (χ3n) is 5.58. The van der Waals surface area contributed by atoms with E-state index in [0.717, 1.165) is 30.8 Å². The molecule has 2 bridgehead atoms. The highest BCUT2D eigenvalue weighted by Gasteiger charge is 2.36. The number of hydrogen-bond donors (Lipinski definition) is 0. The molecule has 2 aliphatic rings. The lowest BCUT2D eigenvalue weighted by Crippen LogP contribution is -2.49. The van der Waals surface area contributed by atoms with Gasteiger partial charge in [-0.1, -0.05) is 29.8 Å². The molecule has 3 heterocycles. The number of aromatic nitrogens is 1. The predicted octanol–water partition coefficient (Wildman–Crippen LogP) is 3.98. The highest BCUT2D eigenvalue weighted by molar-refractivity contribution is 7.99. The maximum atomic E-state index is 13.0. The van der Waals surface area contributed by atoms with Crippen molar-refractivity contribution in [3.8, 4) is 0 Å². The van der Waals surface area contributed by atoms with Gasteiger partial charge >= 0.3 is 0 Å². The summed E-state index contributed by atoms with van der Waals surface area (Å²) >= 11 is 7.49. The summed E-state index contributed by atoms with van der Waals surface area (Å²) in [4.78, 5) is 27.4. The van der Waals surface area contributed by atoms with Gasteiger partial charge in [0.15, 0.2) is 0 Å². The quantitative estimate of drug-likeness (QED) is 0.759. The minimum absolute atomic E-state index is 0.0568. The molecule has 0 aliphatic carbocycles. The average Bonchev–Trinajstić information content (AvgIpc) is 2.69. The number of nitrogens with zero attached hydrogens (tertiary/aromatic N) is 2. The summed E-state index contributed by atoms with van der Waals surface area (Å²) in [5.74, 6) is 1.34. The Hall–Kier alpha value is -1.98. The van der Waals surface area contributed by atoms with Crippen LogP contribution in [-0.2, 0) is 11.3 Å². The topological polar surface area (TPSA) is 42.3 Å². The predicted molar refractivity (Wildman–Crippen MR) is 117 cm³/mol. The molecule has 1 amide bonds. The van der Waals surface area contributed by atoms with Gasteiger partial charge in [0.2, 0.25) is 5.91 Å². The van der Waals surface area contributed by atoms with E-state index in [1.165, 1.54) is 0 Å². The summed E-state index contributed by atoms with van der Waals surface area (Å²) in [6.07, 6.45) is 6.82. The van der Waals surface area contributed by atoms with E-state index in [9.17, 15) is 9.59 Å². The molecule has 146 valence electrons. The SMILES string of the molecule is CSCC(=O)N1CC2CC(C1)c1ccc(C=Cc3ccc(Cl)cc3)c(=O)n1C2. The van der Waals surface area contributed by atoms with Crippen molar-refractivity contribution in [1.29, 1.82) is 0 Å². The summed E-state index contributed by atoms with van der Waals surface area (Å²) in [6, 6.07) is 11.5. The van der Waals surface area contributed by atoms with Gasteiger partial charge in [-0.3, -0.25) is 9.59 Å². The first-order valence-corrected chi connectivity index (χ1v) is 11.3. The summed E-state index contributed by atoms with van der Waals surface area (Å²) in [5.41, 5.74) is 2.81. The van der Waals surface area contributed by atoms with Crippen LogP contribution in [0.15, 0.2) is 41.2 Å². The van der Waals surface area contributed by atoms with Crippen molar-refractivity contribution in [2.24, 2.45) is 5.92 Å². The molecular formula is C22H23ClN2O2S. The number of piperidine rings is 1. The van der Waals surface area contributed by atoms with Crippen LogP contribution in [0.25, 0.3) is 12.2 Å². The fourth-order valence-corrected chi connectivity index (χ4v) is 4.82. The van der Waals surface area contributed by atoms with E-state index in [2.05, 4.69) is 6.07 Å². The van der Waals surface area contributed by atoms with Crippen molar-refractivity contribution in [2.75, 3.05) is 25.1 Å². The zero-order valence-corrected chi connectivity index (χ0v) is 17.4. The standard InChI is InChI=1S/C22H23ClN2O2S/c1-28-14-21(26)24-11-16-10-18(13-24)20-9-6-17(22(27)25(20)12-16)5-2-15-3-7-19(23)8-4-15/h2-9,16,18H,10-14H2,1H3. The second kappa shape index (κ2) is 8.18. The van der Waals surface area contributed by atoms with Crippen molar-refractivity contribution in [3.05, 3.63) is 68.6 Å². The van der Waals surface area contributed by atoms with Crippen LogP contribution >= 0.6 is 23.4 Å². The van der Waals surface area contributed by atoms with Gasteiger partial charge in [0.1, 0.15) is 0 Å². The van der Waals surface area contributed by atoms with Crippen LogP contribution in [0, 0.1) is 5.92 Å². The molecule has 2 atom stereocenters. The number of likely N-dealkylation sites (tertiary alicyclic amines) is 1. The lowest BCUT2D eigenvalue weighted by atomic mass is 9.83. The molecule has 0 N–H and O–H groups in total. The number of amides is 1. The molecule has 4 nitrogen and oxygen atoms in total. The number of hydrogen-bond acceptors (Lipinski definition) is 3. The molecular weight excluding hydrogens is 392 g/mol. The second-order valence-electron chi connectivity index (χ2n) is 7.54. The number of carbonyl (C=O) groups is 1. The largest absolute Gasteiger partial charge is 0.341 e. The van der Waals surface area contributed by atoms with Gasteiger partial charge in [-0.2, -0.15) is 11.8 Å². The Balaban J connectivity index is 1.58. The highest BCUT2D eigenvalue weighted by atomic mass is 35.5. The molecule has 1 aromatic heterocycles. The molecule has 1 saturated heterocycles. The van der Waals surface area contributed by atoms with Crippen LogP contribution in [0.1, 0.15) is 29.2 Å². The van der Waals surface area contributed by atoms with E-state index in [1.54, 1.807) is 11.8 Å². The smallest absolute Gasteiger partial charge is 0.258 e. The molecule has 1 fully saturated rings. The van der Waals surface area contributed by atoms with Gasteiger partial charge in [0.25, 0.3) is 5.56 Å². The zero-order chi connectivity index (χ0) is 19.7. The van der Waals surface area contributed by atoms with Gasteiger partial charge < -0.3 is 9.47 Å². The molecule has 0 radical (unpaired) electrons. The van der Waals surface area contributed by atoms with E-state index in [0.29, 0.717) is 28.8 Å². The third kappa shape index (κ3) is 3.91. The number of halogens is 1. The monoisotopic (exact) mass is 414 g/mol. The summed E-state index contributed by atoms with van der Waals surface area (Å²) < 4.78 is 1.93. The Morgan fingerprint density at radius 2 is 1.93 bits per heavy atom. The van der Waals surface area contributed by atoms with Crippen LogP contribution in [0.2, 0.25) is 5.02 Å². The molecule has 28 heavy (non-hydrogen) atoms. The van der Waals surface area contributed by atoms with Crippen molar-refractivity contribution in [3.63, 3.8) is 0 Å². The van der Waals surface area contributed by atoms with Crippen molar-refractivity contribution in [1.82, 2.24) is 9.47 Å². The van der Waals surface area contributed by atoms with Crippen molar-refractivity contribution >= 4 is 41.4 Å². The van der Waals surface area contributed by atoms with Gasteiger partial charge in [-0.05, 0) is 54.5 Å². The number of benzene rings is 1. The van der Waals surface area contributed by atoms with Gasteiger partial charge in [-0.15, -0.1) is 0 Å². The molecule has 2 unspecified atom stereocenters. The molecule has 2 aromatic rings. The first kappa shape index (κ1) is 19.3. The minimum atomic E-state index is 0.0568. The Kier molecular flexibility index (Phi) is 5.65. The molecule has 4 rings (SSSR count). The zero-order valence-electron chi connectivity index (χ0n) is 15.8. The van der Waals surface area contributed by atoms with Crippen LogP contribution < -0.4 is 5.56 Å². The highest BCUT2D eigenvalue weighted by Crippen LogP contribution is 2.35. The fraction of sp³-hybridized carbons (Fsp3) is 0.364. The van der Waals surface area contributed by atoms with Gasteiger partial charge in [0.05, 0.1) is 5.75 Å². The average molecular weight is 415 g/mol. The normalized spacial score (nSPS) is 21.0. The Labute approximate surface area is 174 Å². The molecule has 6 heteroatoms. The summed E-state index contributed by atoms with van der Waals surface area (Å²) in [5, 5.41) is 0.697. The molecule has 1 aromatic carbocycles. The Bertz CT molecular complexity index is 967. The Morgan fingerprint density at radius 1 is 1.14 bits per heavy atom. The van der Waals surface area contributed by atoms with Crippen molar-refractivity contribution in [2.45, 2.75) is 18.9 Å². The minimum Gasteiger partial charge on any atom is -0.341 e. The maximum absolute atomic E-state index is 13.0. The fourth-order valence-electron chi connectivity index (χ4n) is 4.27. The number of carbonyl (C=O) groups excluding carboxylic acids is 1. The van der Waals surface area contributed by atoms with Crippen LogP contribution in [0.4, 0.5) is 0 Å². The van der Waals surface area contributed by atoms with E-state index >= 15 is 0 Å². The first-order chi connectivity index (χ1) is 13.5. The number of rotatable bonds is 4. The first-order valence-electron chi connectivity index (χ1n) is 9.49. The Morgan fingerprint density at radius 3 is 2.68 bits per heavy atom. The van der Waals surface area contributed by atoms with E-state index < -0.39 is 0 Å². The number of pyridine rings is 1.